The number of carboxylic acids is 1. The third kappa shape index (κ3) is 1.63. The van der Waals surface area contributed by atoms with Crippen molar-refractivity contribution >= 4 is 15.8 Å². The lowest BCUT2D eigenvalue weighted by atomic mass is 10.0. The van der Waals surface area contributed by atoms with Gasteiger partial charge in [-0.1, -0.05) is 13.8 Å². The largest absolute Gasteiger partial charge is 0.478 e. The molecule has 2 rings (SSSR count). The molecule has 6 heteroatoms. The van der Waals surface area contributed by atoms with Gasteiger partial charge >= 0.3 is 5.97 Å². The standard InChI is InChI=1S/C10H12O5S/c1-5(2)9-8(10(11)12)6-3-16(13,14)4-7(6)15-9/h5H,3-4H2,1-2H3,(H,11,12). The summed E-state index contributed by atoms with van der Waals surface area (Å²) in [7, 11) is -3.22. The van der Waals surface area contributed by atoms with Crippen LogP contribution in [0.5, 0.6) is 0 Å². The van der Waals surface area contributed by atoms with E-state index < -0.39 is 15.8 Å². The van der Waals surface area contributed by atoms with Crippen molar-refractivity contribution in [3.05, 3.63) is 22.6 Å². The van der Waals surface area contributed by atoms with Crippen LogP contribution in [-0.2, 0) is 21.3 Å². The Bertz CT molecular complexity index is 550. The first-order chi connectivity index (χ1) is 7.32. The summed E-state index contributed by atoms with van der Waals surface area (Å²) in [6.45, 7) is 3.63. The second-order valence-electron chi connectivity index (χ2n) is 4.24. The Morgan fingerprint density at radius 3 is 2.50 bits per heavy atom. The molecule has 1 aromatic heterocycles. The first kappa shape index (κ1) is 11.2. The zero-order chi connectivity index (χ0) is 12.1. The van der Waals surface area contributed by atoms with E-state index in [1.54, 1.807) is 0 Å². The number of sulfone groups is 1. The van der Waals surface area contributed by atoms with Crippen LogP contribution in [0.25, 0.3) is 0 Å². The fourth-order valence-electron chi connectivity index (χ4n) is 1.91. The summed E-state index contributed by atoms with van der Waals surface area (Å²) >= 11 is 0. The third-order valence-corrected chi connectivity index (χ3v) is 4.00. The van der Waals surface area contributed by atoms with Crippen molar-refractivity contribution in [2.75, 3.05) is 0 Å². The van der Waals surface area contributed by atoms with Gasteiger partial charge in [0.1, 0.15) is 22.8 Å². The lowest BCUT2D eigenvalue weighted by Crippen LogP contribution is -2.06. The van der Waals surface area contributed by atoms with Crippen LogP contribution in [0.4, 0.5) is 0 Å². The smallest absolute Gasteiger partial charge is 0.339 e. The summed E-state index contributed by atoms with van der Waals surface area (Å²) < 4.78 is 28.1. The Morgan fingerprint density at radius 2 is 2.00 bits per heavy atom. The second-order valence-corrected chi connectivity index (χ2v) is 6.30. The van der Waals surface area contributed by atoms with Gasteiger partial charge in [-0.25, -0.2) is 13.2 Å². The highest BCUT2D eigenvalue weighted by molar-refractivity contribution is 7.90. The fraction of sp³-hybridized carbons (Fsp3) is 0.500. The van der Waals surface area contributed by atoms with Crippen LogP contribution in [0, 0.1) is 0 Å². The topological polar surface area (TPSA) is 84.6 Å². The van der Waals surface area contributed by atoms with E-state index in [1.807, 2.05) is 13.8 Å². The van der Waals surface area contributed by atoms with Gasteiger partial charge in [-0.15, -0.1) is 0 Å². The van der Waals surface area contributed by atoms with Gasteiger partial charge in [0.25, 0.3) is 0 Å². The number of rotatable bonds is 2. The predicted molar refractivity (Wildman–Crippen MR) is 56.1 cm³/mol. The van der Waals surface area contributed by atoms with Crippen molar-refractivity contribution in [2.45, 2.75) is 31.3 Å². The maximum atomic E-state index is 11.4. The van der Waals surface area contributed by atoms with E-state index in [0.29, 0.717) is 17.1 Å². The summed E-state index contributed by atoms with van der Waals surface area (Å²) in [6.07, 6.45) is 0. The van der Waals surface area contributed by atoms with Gasteiger partial charge < -0.3 is 9.52 Å². The molecule has 0 spiro atoms. The maximum absolute atomic E-state index is 11.4. The molecule has 0 radical (unpaired) electrons. The number of furan rings is 1. The number of hydrogen-bond acceptors (Lipinski definition) is 4. The Hall–Kier alpha value is -1.30. The van der Waals surface area contributed by atoms with Gasteiger partial charge in [-0.05, 0) is 0 Å². The van der Waals surface area contributed by atoms with Gasteiger partial charge in [0.05, 0.1) is 5.75 Å². The fourth-order valence-corrected chi connectivity index (χ4v) is 3.39. The molecule has 0 bridgehead atoms. The van der Waals surface area contributed by atoms with E-state index >= 15 is 0 Å². The first-order valence-electron chi connectivity index (χ1n) is 4.90. The van der Waals surface area contributed by atoms with Crippen LogP contribution in [0.2, 0.25) is 0 Å². The maximum Gasteiger partial charge on any atom is 0.339 e. The average molecular weight is 244 g/mol. The molecule has 5 nitrogen and oxygen atoms in total. The number of carbonyl (C=O) groups is 1. The van der Waals surface area contributed by atoms with Crippen molar-refractivity contribution in [3.63, 3.8) is 0 Å². The van der Waals surface area contributed by atoms with Gasteiger partial charge in [-0.2, -0.15) is 0 Å². The van der Waals surface area contributed by atoms with Gasteiger partial charge in [0.2, 0.25) is 0 Å². The Balaban J connectivity index is 2.62. The summed E-state index contributed by atoms with van der Waals surface area (Å²) in [4.78, 5) is 11.1. The van der Waals surface area contributed by atoms with Crippen LogP contribution in [0.3, 0.4) is 0 Å². The lowest BCUT2D eigenvalue weighted by Gasteiger charge is -2.03. The molecular weight excluding hydrogens is 232 g/mol. The van der Waals surface area contributed by atoms with Crippen molar-refractivity contribution < 1.29 is 22.7 Å². The molecule has 1 aliphatic rings. The molecule has 1 N–H and O–H groups in total. The monoisotopic (exact) mass is 244 g/mol. The number of carboxylic acid groups (broad SMARTS) is 1. The zero-order valence-electron chi connectivity index (χ0n) is 8.98. The van der Waals surface area contributed by atoms with Crippen molar-refractivity contribution in [1.82, 2.24) is 0 Å². The Labute approximate surface area is 93.0 Å². The van der Waals surface area contributed by atoms with Gasteiger partial charge in [0.15, 0.2) is 9.84 Å². The van der Waals surface area contributed by atoms with Crippen molar-refractivity contribution in [1.29, 1.82) is 0 Å². The summed E-state index contributed by atoms with van der Waals surface area (Å²) in [6, 6.07) is 0. The molecule has 0 atom stereocenters. The summed E-state index contributed by atoms with van der Waals surface area (Å²) in [5.74, 6) is -0.936. The molecule has 0 aromatic carbocycles. The predicted octanol–water partition coefficient (Wildman–Crippen LogP) is 1.53. The van der Waals surface area contributed by atoms with Crippen molar-refractivity contribution in [3.8, 4) is 0 Å². The van der Waals surface area contributed by atoms with E-state index in [2.05, 4.69) is 0 Å². The summed E-state index contributed by atoms with van der Waals surface area (Å²) in [5.41, 5.74) is 0.363. The third-order valence-electron chi connectivity index (χ3n) is 2.57. The molecule has 0 amide bonds. The highest BCUT2D eigenvalue weighted by Crippen LogP contribution is 2.35. The van der Waals surface area contributed by atoms with E-state index in [-0.39, 0.29) is 23.0 Å². The highest BCUT2D eigenvalue weighted by Gasteiger charge is 2.36. The molecule has 1 aliphatic heterocycles. The van der Waals surface area contributed by atoms with Gasteiger partial charge in [-0.3, -0.25) is 0 Å². The molecule has 0 fully saturated rings. The second kappa shape index (κ2) is 3.35. The minimum atomic E-state index is -3.22. The zero-order valence-corrected chi connectivity index (χ0v) is 9.80. The summed E-state index contributed by atoms with van der Waals surface area (Å²) in [5, 5.41) is 9.08. The lowest BCUT2D eigenvalue weighted by molar-refractivity contribution is 0.0693. The van der Waals surface area contributed by atoms with E-state index in [0.717, 1.165) is 0 Å². The molecule has 0 aliphatic carbocycles. The SMILES string of the molecule is CC(C)c1oc2c(c1C(=O)O)CS(=O)(=O)C2. The van der Waals surface area contributed by atoms with Crippen LogP contribution in [-0.4, -0.2) is 19.5 Å². The number of fused-ring (bicyclic) bond motifs is 1. The van der Waals surface area contributed by atoms with E-state index in [9.17, 15) is 13.2 Å². The van der Waals surface area contributed by atoms with Gasteiger partial charge in [0, 0.05) is 11.5 Å². The molecule has 88 valence electrons. The van der Waals surface area contributed by atoms with Crippen molar-refractivity contribution in [2.24, 2.45) is 0 Å². The number of hydrogen-bond donors (Lipinski definition) is 1. The molecule has 1 aromatic rings. The molecule has 16 heavy (non-hydrogen) atoms. The van der Waals surface area contributed by atoms with Crippen LogP contribution in [0.15, 0.2) is 4.42 Å². The van der Waals surface area contributed by atoms with Crippen LogP contribution < -0.4 is 0 Å². The normalized spacial score (nSPS) is 17.7. The Morgan fingerprint density at radius 1 is 1.38 bits per heavy atom. The molecule has 0 unspecified atom stereocenters. The van der Waals surface area contributed by atoms with Crippen LogP contribution >= 0.6 is 0 Å². The Kier molecular flexibility index (Phi) is 2.34. The molecule has 2 heterocycles. The first-order valence-corrected chi connectivity index (χ1v) is 6.72. The molecule has 0 saturated carbocycles. The molecule has 0 saturated heterocycles. The van der Waals surface area contributed by atoms with Crippen LogP contribution in [0.1, 0.15) is 47.2 Å². The van der Waals surface area contributed by atoms with E-state index in [4.69, 9.17) is 9.52 Å². The minimum absolute atomic E-state index is 0.0334. The number of aromatic carboxylic acids is 1. The average Bonchev–Trinajstić information content (AvgIpc) is 2.54. The van der Waals surface area contributed by atoms with E-state index in [1.165, 1.54) is 0 Å². The minimum Gasteiger partial charge on any atom is -0.478 e. The highest BCUT2D eigenvalue weighted by atomic mass is 32.2. The molecular formula is C10H12O5S. The quantitative estimate of drug-likeness (QED) is 0.852.